The van der Waals surface area contributed by atoms with Crippen LogP contribution < -0.4 is 0 Å². The van der Waals surface area contributed by atoms with Gasteiger partial charge < -0.3 is 14.9 Å². The van der Waals surface area contributed by atoms with E-state index in [1.165, 1.54) is 0 Å². The Kier molecular flexibility index (Phi) is 4.27. The highest BCUT2D eigenvalue weighted by Crippen LogP contribution is 2.17. The molecule has 0 spiro atoms. The van der Waals surface area contributed by atoms with Gasteiger partial charge in [0.2, 0.25) is 0 Å². The van der Waals surface area contributed by atoms with Gasteiger partial charge in [0.15, 0.2) is 6.10 Å². The van der Waals surface area contributed by atoms with Crippen LogP contribution in [-0.4, -0.2) is 28.9 Å². The highest BCUT2D eigenvalue weighted by atomic mass is 16.5. The number of carbonyl (C=O) groups excluding carboxylic acids is 1. The van der Waals surface area contributed by atoms with Crippen molar-refractivity contribution in [1.29, 1.82) is 0 Å². The van der Waals surface area contributed by atoms with E-state index in [4.69, 9.17) is 0 Å². The maximum absolute atomic E-state index is 11.1. The number of rotatable bonds is 4. The molecule has 0 aromatic heterocycles. The molecule has 15 heavy (non-hydrogen) atoms. The van der Waals surface area contributed by atoms with E-state index in [0.717, 1.165) is 0 Å². The predicted molar refractivity (Wildman–Crippen MR) is 54.0 cm³/mol. The van der Waals surface area contributed by atoms with E-state index < -0.39 is 18.2 Å². The number of benzene rings is 1. The Labute approximate surface area is 88.1 Å². The van der Waals surface area contributed by atoms with Gasteiger partial charge in [-0.2, -0.15) is 0 Å². The Bertz CT molecular complexity index is 310. The van der Waals surface area contributed by atoms with Crippen molar-refractivity contribution in [1.82, 2.24) is 0 Å². The van der Waals surface area contributed by atoms with Crippen LogP contribution in [0, 0.1) is 0 Å². The van der Waals surface area contributed by atoms with Crippen LogP contribution in [0.3, 0.4) is 0 Å². The van der Waals surface area contributed by atoms with Gasteiger partial charge >= 0.3 is 5.97 Å². The summed E-state index contributed by atoms with van der Waals surface area (Å²) in [6.07, 6.45) is -2.78. The van der Waals surface area contributed by atoms with Crippen molar-refractivity contribution in [2.24, 2.45) is 0 Å². The largest absolute Gasteiger partial charge is 0.464 e. The molecule has 0 radical (unpaired) electrons. The van der Waals surface area contributed by atoms with E-state index >= 15 is 0 Å². The van der Waals surface area contributed by atoms with E-state index in [2.05, 4.69) is 4.74 Å². The molecular weight excluding hydrogens is 196 g/mol. The maximum Gasteiger partial charge on any atom is 0.338 e. The van der Waals surface area contributed by atoms with Crippen LogP contribution >= 0.6 is 0 Å². The predicted octanol–water partition coefficient (Wildman–Crippen LogP) is 0.644. The van der Waals surface area contributed by atoms with Gasteiger partial charge in [-0.25, -0.2) is 4.79 Å². The summed E-state index contributed by atoms with van der Waals surface area (Å²) in [4.78, 5) is 11.1. The summed E-state index contributed by atoms with van der Waals surface area (Å²) < 4.78 is 4.60. The third kappa shape index (κ3) is 3.04. The Balaban J connectivity index is 2.68. The van der Waals surface area contributed by atoms with Gasteiger partial charge in [0.1, 0.15) is 6.10 Å². The van der Waals surface area contributed by atoms with Crippen molar-refractivity contribution >= 4 is 5.97 Å². The Morgan fingerprint density at radius 3 is 2.47 bits per heavy atom. The molecule has 0 saturated carbocycles. The van der Waals surface area contributed by atoms with Crippen LogP contribution in [0.4, 0.5) is 0 Å². The molecule has 4 nitrogen and oxygen atoms in total. The zero-order valence-electron chi connectivity index (χ0n) is 8.46. The lowest BCUT2D eigenvalue weighted by Crippen LogP contribution is -2.29. The molecule has 0 heterocycles. The molecule has 0 saturated heterocycles. The summed E-state index contributed by atoms with van der Waals surface area (Å²) in [5.41, 5.74) is 0.484. The Morgan fingerprint density at radius 1 is 1.33 bits per heavy atom. The molecule has 0 bridgehead atoms. The van der Waals surface area contributed by atoms with E-state index in [-0.39, 0.29) is 6.61 Å². The number of hydrogen-bond donors (Lipinski definition) is 2. The molecule has 0 amide bonds. The van der Waals surface area contributed by atoms with Crippen LogP contribution in [0.25, 0.3) is 0 Å². The lowest BCUT2D eigenvalue weighted by molar-refractivity contribution is -0.159. The van der Waals surface area contributed by atoms with E-state index in [1.807, 2.05) is 0 Å². The smallest absolute Gasteiger partial charge is 0.338 e. The molecule has 1 rings (SSSR count). The number of carbonyl (C=O) groups is 1. The quantitative estimate of drug-likeness (QED) is 0.716. The van der Waals surface area contributed by atoms with E-state index in [9.17, 15) is 15.0 Å². The number of aliphatic hydroxyl groups excluding tert-OH is 2. The van der Waals surface area contributed by atoms with Gasteiger partial charge in [0.05, 0.1) is 6.61 Å². The molecule has 2 atom stereocenters. The van der Waals surface area contributed by atoms with Crippen LogP contribution in [0.5, 0.6) is 0 Å². The van der Waals surface area contributed by atoms with Gasteiger partial charge in [0, 0.05) is 0 Å². The second kappa shape index (κ2) is 5.48. The van der Waals surface area contributed by atoms with Crippen LogP contribution in [-0.2, 0) is 9.53 Å². The summed E-state index contributed by atoms with van der Waals surface area (Å²) >= 11 is 0. The second-order valence-electron chi connectivity index (χ2n) is 3.05. The van der Waals surface area contributed by atoms with E-state index in [1.54, 1.807) is 37.3 Å². The number of aliphatic hydroxyl groups is 2. The van der Waals surface area contributed by atoms with Crippen molar-refractivity contribution in [3.63, 3.8) is 0 Å². The third-order valence-corrected chi connectivity index (χ3v) is 1.97. The van der Waals surface area contributed by atoms with Gasteiger partial charge in [-0.1, -0.05) is 30.3 Å². The summed E-state index contributed by atoms with van der Waals surface area (Å²) in [5, 5.41) is 19.1. The molecule has 0 aliphatic heterocycles. The molecule has 0 fully saturated rings. The van der Waals surface area contributed by atoms with Crippen LogP contribution in [0.15, 0.2) is 30.3 Å². The maximum atomic E-state index is 11.1. The highest BCUT2D eigenvalue weighted by Gasteiger charge is 2.26. The minimum absolute atomic E-state index is 0.178. The number of esters is 1. The van der Waals surface area contributed by atoms with Gasteiger partial charge in [0.25, 0.3) is 0 Å². The second-order valence-corrected chi connectivity index (χ2v) is 3.05. The van der Waals surface area contributed by atoms with E-state index in [0.29, 0.717) is 5.56 Å². The average molecular weight is 210 g/mol. The lowest BCUT2D eigenvalue weighted by atomic mass is 10.0. The third-order valence-electron chi connectivity index (χ3n) is 1.97. The summed E-state index contributed by atoms with van der Waals surface area (Å²) in [6.45, 7) is 1.82. The zero-order valence-corrected chi connectivity index (χ0v) is 8.46. The first-order valence-corrected chi connectivity index (χ1v) is 4.74. The van der Waals surface area contributed by atoms with Crippen LogP contribution in [0.1, 0.15) is 18.6 Å². The normalized spacial score (nSPS) is 14.3. The van der Waals surface area contributed by atoms with Gasteiger partial charge in [-0.15, -0.1) is 0 Å². The fourth-order valence-electron chi connectivity index (χ4n) is 1.19. The lowest BCUT2D eigenvalue weighted by Gasteiger charge is -2.16. The monoisotopic (exact) mass is 210 g/mol. The Morgan fingerprint density at radius 2 is 1.93 bits per heavy atom. The zero-order chi connectivity index (χ0) is 11.3. The minimum atomic E-state index is -1.53. The van der Waals surface area contributed by atoms with Crippen molar-refractivity contribution in [2.45, 2.75) is 19.1 Å². The van der Waals surface area contributed by atoms with Gasteiger partial charge in [-0.05, 0) is 12.5 Å². The topological polar surface area (TPSA) is 66.8 Å². The van der Waals surface area contributed by atoms with Crippen molar-refractivity contribution < 1.29 is 19.7 Å². The minimum Gasteiger partial charge on any atom is -0.464 e. The van der Waals surface area contributed by atoms with Gasteiger partial charge in [-0.3, -0.25) is 0 Å². The SMILES string of the molecule is CCOC(=O)[C@H](O)[C@@H](O)c1ccccc1. The molecule has 0 unspecified atom stereocenters. The first kappa shape index (κ1) is 11.7. The molecule has 0 aliphatic carbocycles. The summed E-state index contributed by atoms with van der Waals surface area (Å²) in [7, 11) is 0. The Hall–Kier alpha value is -1.39. The molecule has 0 aliphatic rings. The summed E-state index contributed by atoms with van der Waals surface area (Å²) in [6, 6.07) is 8.49. The fourth-order valence-corrected chi connectivity index (χ4v) is 1.19. The molecule has 1 aromatic rings. The van der Waals surface area contributed by atoms with Crippen molar-refractivity contribution in [3.8, 4) is 0 Å². The standard InChI is InChI=1S/C11H14O4/c1-2-15-11(14)10(13)9(12)8-6-4-3-5-7-8/h3-7,9-10,12-13H,2H2,1H3/t9-,10+/m0/s1. The first-order chi connectivity index (χ1) is 7.16. The number of ether oxygens (including phenoxy) is 1. The number of hydrogen-bond acceptors (Lipinski definition) is 4. The molecule has 2 N–H and O–H groups in total. The van der Waals surface area contributed by atoms with Crippen molar-refractivity contribution in [2.75, 3.05) is 6.61 Å². The summed E-state index contributed by atoms with van der Waals surface area (Å²) in [5.74, 6) is -0.811. The molecule has 4 heteroatoms. The molecule has 1 aromatic carbocycles. The highest BCUT2D eigenvalue weighted by molar-refractivity contribution is 5.75. The molecular formula is C11H14O4. The van der Waals surface area contributed by atoms with Crippen LogP contribution in [0.2, 0.25) is 0 Å². The fraction of sp³-hybridized carbons (Fsp3) is 0.364. The molecule has 82 valence electrons. The average Bonchev–Trinajstić information content (AvgIpc) is 2.28. The first-order valence-electron chi connectivity index (χ1n) is 4.74. The van der Waals surface area contributed by atoms with Crippen molar-refractivity contribution in [3.05, 3.63) is 35.9 Å².